The summed E-state index contributed by atoms with van der Waals surface area (Å²) in [5.74, 6) is 0.205. The molecule has 2 N–H and O–H groups in total. The zero-order chi connectivity index (χ0) is 15.3. The van der Waals surface area contributed by atoms with E-state index in [9.17, 15) is 9.59 Å². The van der Waals surface area contributed by atoms with Gasteiger partial charge in [0.25, 0.3) is 0 Å². The molecule has 1 saturated heterocycles. The number of rotatable bonds is 3. The molecule has 5 nitrogen and oxygen atoms in total. The highest BCUT2D eigenvalue weighted by molar-refractivity contribution is 5.77. The van der Waals surface area contributed by atoms with Crippen LogP contribution in [0, 0.1) is 5.41 Å². The van der Waals surface area contributed by atoms with Crippen molar-refractivity contribution in [3.05, 3.63) is 0 Å². The quantitative estimate of drug-likeness (QED) is 0.847. The molecule has 1 atom stereocenters. The molecule has 20 heavy (non-hydrogen) atoms. The van der Waals surface area contributed by atoms with Gasteiger partial charge in [-0.2, -0.15) is 0 Å². The minimum atomic E-state index is -0.0883. The monoisotopic (exact) mass is 283 g/mol. The number of carbonyl (C=O) groups is 2. The smallest absolute Gasteiger partial charge is 0.224 e. The van der Waals surface area contributed by atoms with E-state index < -0.39 is 0 Å². The van der Waals surface area contributed by atoms with Gasteiger partial charge in [0.05, 0.1) is 0 Å². The highest BCUT2D eigenvalue weighted by Gasteiger charge is 2.23. The van der Waals surface area contributed by atoms with Crippen LogP contribution in [0.5, 0.6) is 0 Å². The van der Waals surface area contributed by atoms with Crippen LogP contribution in [0.25, 0.3) is 0 Å². The molecule has 0 aliphatic carbocycles. The van der Waals surface area contributed by atoms with Gasteiger partial charge >= 0.3 is 0 Å². The minimum Gasteiger partial charge on any atom is -0.341 e. The third-order valence-corrected chi connectivity index (χ3v) is 3.61. The van der Waals surface area contributed by atoms with Gasteiger partial charge in [-0.25, -0.2) is 0 Å². The maximum Gasteiger partial charge on any atom is 0.224 e. The average molecular weight is 283 g/mol. The Hall–Kier alpha value is -1.10. The molecule has 1 fully saturated rings. The Morgan fingerprint density at radius 3 is 2.20 bits per heavy atom. The van der Waals surface area contributed by atoms with Crippen LogP contribution in [0.1, 0.15) is 47.0 Å². The zero-order valence-electron chi connectivity index (χ0n) is 13.3. The number of hydrogen-bond donors (Lipinski definition) is 1. The molecule has 0 aromatic rings. The Kier molecular flexibility index (Phi) is 5.99. The number of amides is 2. The topological polar surface area (TPSA) is 66.6 Å². The fraction of sp³-hybridized carbons (Fsp3) is 0.867. The molecule has 0 saturated carbocycles. The first-order chi connectivity index (χ1) is 9.19. The van der Waals surface area contributed by atoms with E-state index >= 15 is 0 Å². The van der Waals surface area contributed by atoms with Crippen LogP contribution in [-0.4, -0.2) is 53.8 Å². The lowest BCUT2D eigenvalue weighted by molar-refractivity contribution is -0.133. The summed E-state index contributed by atoms with van der Waals surface area (Å²) < 4.78 is 0. The molecule has 1 rings (SSSR count). The maximum absolute atomic E-state index is 12.3. The van der Waals surface area contributed by atoms with Gasteiger partial charge in [0.15, 0.2) is 0 Å². The van der Waals surface area contributed by atoms with Crippen molar-refractivity contribution in [1.29, 1.82) is 0 Å². The summed E-state index contributed by atoms with van der Waals surface area (Å²) in [6, 6.07) is -0.0883. The van der Waals surface area contributed by atoms with Gasteiger partial charge in [0, 0.05) is 45.6 Å². The Labute approximate surface area is 122 Å². The zero-order valence-corrected chi connectivity index (χ0v) is 13.3. The normalized spacial score (nSPS) is 18.6. The fourth-order valence-corrected chi connectivity index (χ4v) is 2.69. The van der Waals surface area contributed by atoms with E-state index in [-0.39, 0.29) is 23.3 Å². The molecule has 0 radical (unpaired) electrons. The van der Waals surface area contributed by atoms with Crippen molar-refractivity contribution in [3.63, 3.8) is 0 Å². The third-order valence-electron chi connectivity index (χ3n) is 3.61. The lowest BCUT2D eigenvalue weighted by Crippen LogP contribution is -2.39. The fourth-order valence-electron chi connectivity index (χ4n) is 2.69. The molecule has 0 aromatic heterocycles. The number of nitrogens with zero attached hydrogens (tertiary/aromatic N) is 2. The lowest BCUT2D eigenvalue weighted by Gasteiger charge is -2.26. The molecule has 2 amide bonds. The number of nitrogens with two attached hydrogens (primary N) is 1. The summed E-state index contributed by atoms with van der Waals surface area (Å²) in [5.41, 5.74) is 6.21. The van der Waals surface area contributed by atoms with E-state index in [0.717, 1.165) is 25.9 Å². The molecule has 1 unspecified atom stereocenters. The first kappa shape index (κ1) is 17.0. The first-order valence-corrected chi connectivity index (χ1v) is 7.48. The van der Waals surface area contributed by atoms with Crippen LogP contribution in [-0.2, 0) is 9.59 Å². The van der Waals surface area contributed by atoms with Gasteiger partial charge < -0.3 is 15.5 Å². The number of carbonyl (C=O) groups excluding carboxylic acids is 2. The maximum atomic E-state index is 12.3. The predicted molar refractivity (Wildman–Crippen MR) is 80.1 cm³/mol. The third kappa shape index (κ3) is 5.90. The minimum absolute atomic E-state index is 0.0868. The van der Waals surface area contributed by atoms with E-state index in [4.69, 9.17) is 5.73 Å². The van der Waals surface area contributed by atoms with Crippen molar-refractivity contribution < 1.29 is 9.59 Å². The summed E-state index contributed by atoms with van der Waals surface area (Å²) in [4.78, 5) is 27.3. The van der Waals surface area contributed by atoms with Crippen molar-refractivity contribution in [2.24, 2.45) is 11.1 Å². The van der Waals surface area contributed by atoms with Crippen LogP contribution in [0.2, 0.25) is 0 Å². The molecule has 0 bridgehead atoms. The average Bonchev–Trinajstić information content (AvgIpc) is 2.51. The molecule has 1 aliphatic heterocycles. The van der Waals surface area contributed by atoms with Crippen molar-refractivity contribution in [2.45, 2.75) is 53.0 Å². The van der Waals surface area contributed by atoms with Gasteiger partial charge in [0.1, 0.15) is 0 Å². The predicted octanol–water partition coefficient (Wildman–Crippen LogP) is 1.22. The van der Waals surface area contributed by atoms with Crippen LogP contribution >= 0.6 is 0 Å². The first-order valence-electron chi connectivity index (χ1n) is 7.48. The summed E-state index contributed by atoms with van der Waals surface area (Å²) in [6.45, 7) is 10.7. The molecule has 1 heterocycles. The Bertz CT molecular complexity index is 350. The molecule has 0 spiro atoms. The van der Waals surface area contributed by atoms with Crippen molar-refractivity contribution in [2.75, 3.05) is 26.2 Å². The summed E-state index contributed by atoms with van der Waals surface area (Å²) in [7, 11) is 0. The number of hydrogen-bond acceptors (Lipinski definition) is 3. The molecule has 5 heteroatoms. The second-order valence-corrected chi connectivity index (χ2v) is 6.97. The summed E-state index contributed by atoms with van der Waals surface area (Å²) >= 11 is 0. The van der Waals surface area contributed by atoms with E-state index in [1.165, 1.54) is 0 Å². The Balaban J connectivity index is 2.45. The Morgan fingerprint density at radius 1 is 1.10 bits per heavy atom. The molecule has 116 valence electrons. The second-order valence-electron chi connectivity index (χ2n) is 6.97. The van der Waals surface area contributed by atoms with E-state index in [1.807, 2.05) is 9.80 Å². The van der Waals surface area contributed by atoms with Gasteiger partial charge in [-0.15, -0.1) is 0 Å². The van der Waals surface area contributed by atoms with Crippen molar-refractivity contribution in [3.8, 4) is 0 Å². The van der Waals surface area contributed by atoms with Crippen LogP contribution in [0.15, 0.2) is 0 Å². The highest BCUT2D eigenvalue weighted by Crippen LogP contribution is 2.21. The van der Waals surface area contributed by atoms with Crippen molar-refractivity contribution in [1.82, 2.24) is 9.80 Å². The lowest BCUT2D eigenvalue weighted by atomic mass is 9.87. The summed E-state index contributed by atoms with van der Waals surface area (Å²) in [5, 5.41) is 0. The largest absolute Gasteiger partial charge is 0.341 e. The van der Waals surface area contributed by atoms with Crippen molar-refractivity contribution >= 4 is 11.8 Å². The Morgan fingerprint density at radius 2 is 1.65 bits per heavy atom. The van der Waals surface area contributed by atoms with Crippen LogP contribution < -0.4 is 5.73 Å². The van der Waals surface area contributed by atoms with E-state index in [0.29, 0.717) is 19.5 Å². The van der Waals surface area contributed by atoms with Crippen LogP contribution in [0.4, 0.5) is 0 Å². The highest BCUT2D eigenvalue weighted by atomic mass is 16.2. The van der Waals surface area contributed by atoms with Crippen LogP contribution in [0.3, 0.4) is 0 Å². The van der Waals surface area contributed by atoms with E-state index in [1.54, 1.807) is 6.92 Å². The standard InChI is InChI=1S/C15H29N3O2/c1-12(19)17-6-5-7-18(9-8-17)14(20)10-13(16)11-15(2,3)4/h13H,5-11,16H2,1-4H3. The van der Waals surface area contributed by atoms with Gasteiger partial charge in [-0.1, -0.05) is 20.8 Å². The summed E-state index contributed by atoms with van der Waals surface area (Å²) in [6.07, 6.45) is 2.09. The van der Waals surface area contributed by atoms with Gasteiger partial charge in [-0.05, 0) is 18.3 Å². The second kappa shape index (κ2) is 7.07. The van der Waals surface area contributed by atoms with Gasteiger partial charge in [0.2, 0.25) is 11.8 Å². The van der Waals surface area contributed by atoms with Gasteiger partial charge in [-0.3, -0.25) is 9.59 Å². The molecular formula is C15H29N3O2. The molecule has 0 aromatic carbocycles. The van der Waals surface area contributed by atoms with E-state index in [2.05, 4.69) is 20.8 Å². The molecular weight excluding hydrogens is 254 g/mol. The molecule has 1 aliphatic rings. The SMILES string of the molecule is CC(=O)N1CCCN(C(=O)CC(N)CC(C)(C)C)CC1.